The molecule has 0 amide bonds. The Morgan fingerprint density at radius 2 is 2.29 bits per heavy atom. The lowest BCUT2D eigenvalue weighted by atomic mass is 9.90. The molecule has 1 fully saturated rings. The molecule has 0 heterocycles. The highest BCUT2D eigenvalue weighted by molar-refractivity contribution is 7.98. The number of hydrogen-bond acceptors (Lipinski definition) is 2. The van der Waals surface area contributed by atoms with Gasteiger partial charge in [0.25, 0.3) is 0 Å². The van der Waals surface area contributed by atoms with Crippen LogP contribution in [0.3, 0.4) is 0 Å². The summed E-state index contributed by atoms with van der Waals surface area (Å²) in [6, 6.07) is 4.97. The molecule has 1 aliphatic carbocycles. The van der Waals surface area contributed by atoms with E-state index in [1.807, 2.05) is 6.26 Å². The summed E-state index contributed by atoms with van der Waals surface area (Å²) in [7, 11) is 0. The summed E-state index contributed by atoms with van der Waals surface area (Å²) in [5.41, 5.74) is 0.571. The number of rotatable bonds is 5. The van der Waals surface area contributed by atoms with E-state index in [0.29, 0.717) is 11.5 Å². The summed E-state index contributed by atoms with van der Waals surface area (Å²) in [5.74, 6) is -0.950. The number of aliphatic carboxylic acids is 1. The molecule has 1 aromatic carbocycles. The molecule has 0 spiro atoms. The van der Waals surface area contributed by atoms with E-state index in [9.17, 15) is 9.18 Å². The highest BCUT2D eigenvalue weighted by atomic mass is 32.2. The summed E-state index contributed by atoms with van der Waals surface area (Å²) < 4.78 is 13.8. The second-order valence-electron chi connectivity index (χ2n) is 4.43. The van der Waals surface area contributed by atoms with E-state index in [2.05, 4.69) is 0 Å². The molecule has 0 aliphatic heterocycles. The van der Waals surface area contributed by atoms with Crippen molar-refractivity contribution in [2.45, 2.75) is 30.1 Å². The van der Waals surface area contributed by atoms with Crippen LogP contribution >= 0.6 is 11.8 Å². The average molecular weight is 254 g/mol. The van der Waals surface area contributed by atoms with E-state index in [1.165, 1.54) is 6.07 Å². The van der Waals surface area contributed by atoms with Crippen LogP contribution in [0.4, 0.5) is 4.39 Å². The standard InChI is InChI=1S/C13H15FO2S/c1-17-9-4-5-12(14)11(6-9)10(7-13(15)16)8-2-3-8/h4-6,8,10H,2-3,7H2,1H3,(H,15,16). The molecule has 2 rings (SSSR count). The van der Waals surface area contributed by atoms with Crippen LogP contribution in [0.15, 0.2) is 23.1 Å². The van der Waals surface area contributed by atoms with Crippen molar-refractivity contribution in [3.05, 3.63) is 29.6 Å². The smallest absolute Gasteiger partial charge is 0.303 e. The molecule has 1 saturated carbocycles. The number of carboxylic acids is 1. The minimum absolute atomic E-state index is 0.0272. The van der Waals surface area contributed by atoms with Crippen LogP contribution in [0.1, 0.15) is 30.7 Å². The Balaban J connectivity index is 2.30. The van der Waals surface area contributed by atoms with Gasteiger partial charge < -0.3 is 5.11 Å². The van der Waals surface area contributed by atoms with Gasteiger partial charge in [0.1, 0.15) is 5.82 Å². The maximum atomic E-state index is 13.8. The average Bonchev–Trinajstić information content (AvgIpc) is 3.10. The highest BCUT2D eigenvalue weighted by Gasteiger charge is 2.35. The van der Waals surface area contributed by atoms with Crippen LogP contribution in [-0.2, 0) is 4.79 Å². The molecule has 0 saturated heterocycles. The molecule has 4 heteroatoms. The fraction of sp³-hybridized carbons (Fsp3) is 0.462. The molecular formula is C13H15FO2S. The lowest BCUT2D eigenvalue weighted by molar-refractivity contribution is -0.137. The minimum Gasteiger partial charge on any atom is -0.481 e. The number of hydrogen-bond donors (Lipinski definition) is 1. The molecule has 1 unspecified atom stereocenters. The summed E-state index contributed by atoms with van der Waals surface area (Å²) in [6.45, 7) is 0. The first-order valence-electron chi connectivity index (χ1n) is 5.67. The van der Waals surface area contributed by atoms with Crippen molar-refractivity contribution in [3.63, 3.8) is 0 Å². The summed E-state index contributed by atoms with van der Waals surface area (Å²) in [6.07, 6.45) is 3.99. The second-order valence-corrected chi connectivity index (χ2v) is 5.31. The molecule has 0 aromatic heterocycles. The Labute approximate surface area is 104 Å². The molecule has 17 heavy (non-hydrogen) atoms. The van der Waals surface area contributed by atoms with Crippen molar-refractivity contribution in [2.75, 3.05) is 6.26 Å². The predicted octanol–water partition coefficient (Wildman–Crippen LogP) is 3.52. The fourth-order valence-corrected chi connectivity index (χ4v) is 2.60. The van der Waals surface area contributed by atoms with Crippen LogP contribution in [0, 0.1) is 11.7 Å². The first-order chi connectivity index (χ1) is 8.11. The van der Waals surface area contributed by atoms with E-state index in [4.69, 9.17) is 5.11 Å². The Bertz CT molecular complexity index is 429. The maximum absolute atomic E-state index is 13.8. The summed E-state index contributed by atoms with van der Waals surface area (Å²) >= 11 is 1.55. The third kappa shape index (κ3) is 3.00. The van der Waals surface area contributed by atoms with Gasteiger partial charge in [-0.25, -0.2) is 4.39 Å². The molecule has 92 valence electrons. The van der Waals surface area contributed by atoms with Gasteiger partial charge in [0.15, 0.2) is 0 Å². The van der Waals surface area contributed by atoms with Gasteiger partial charge in [-0.3, -0.25) is 4.79 Å². The zero-order valence-electron chi connectivity index (χ0n) is 9.65. The number of thioether (sulfide) groups is 1. The number of halogens is 1. The van der Waals surface area contributed by atoms with Gasteiger partial charge in [0.2, 0.25) is 0 Å². The molecule has 0 bridgehead atoms. The van der Waals surface area contributed by atoms with E-state index in [0.717, 1.165) is 17.7 Å². The molecule has 2 nitrogen and oxygen atoms in total. The zero-order chi connectivity index (χ0) is 12.4. The monoisotopic (exact) mass is 254 g/mol. The van der Waals surface area contributed by atoms with Crippen molar-refractivity contribution in [1.82, 2.24) is 0 Å². The topological polar surface area (TPSA) is 37.3 Å². The molecule has 1 atom stereocenters. The third-order valence-corrected chi connectivity index (χ3v) is 3.91. The van der Waals surface area contributed by atoms with Gasteiger partial charge in [0.05, 0.1) is 6.42 Å². The molecule has 1 aromatic rings. The summed E-state index contributed by atoms with van der Waals surface area (Å²) in [5, 5.41) is 8.91. The third-order valence-electron chi connectivity index (χ3n) is 3.19. The lowest BCUT2D eigenvalue weighted by Crippen LogP contribution is -2.10. The van der Waals surface area contributed by atoms with Crippen molar-refractivity contribution in [3.8, 4) is 0 Å². The van der Waals surface area contributed by atoms with E-state index < -0.39 is 5.97 Å². The van der Waals surface area contributed by atoms with Gasteiger partial charge in [-0.1, -0.05) is 0 Å². The fourth-order valence-electron chi connectivity index (χ4n) is 2.15. The first-order valence-corrected chi connectivity index (χ1v) is 6.89. The molecule has 0 radical (unpaired) electrons. The lowest BCUT2D eigenvalue weighted by Gasteiger charge is -2.16. The van der Waals surface area contributed by atoms with Crippen LogP contribution < -0.4 is 0 Å². The largest absolute Gasteiger partial charge is 0.481 e. The number of carbonyl (C=O) groups is 1. The maximum Gasteiger partial charge on any atom is 0.303 e. The Kier molecular flexibility index (Phi) is 3.72. The van der Waals surface area contributed by atoms with E-state index >= 15 is 0 Å². The molecule has 1 aliphatic rings. The Hall–Kier alpha value is -1.03. The Morgan fingerprint density at radius 1 is 1.59 bits per heavy atom. The molecule has 1 N–H and O–H groups in total. The van der Waals surface area contributed by atoms with E-state index in [-0.39, 0.29) is 18.2 Å². The normalized spacial score (nSPS) is 16.8. The number of carboxylic acid groups (broad SMARTS) is 1. The van der Waals surface area contributed by atoms with Gasteiger partial charge >= 0.3 is 5.97 Å². The Morgan fingerprint density at radius 3 is 2.82 bits per heavy atom. The minimum atomic E-state index is -0.851. The quantitative estimate of drug-likeness (QED) is 0.817. The van der Waals surface area contributed by atoms with Crippen molar-refractivity contribution in [2.24, 2.45) is 5.92 Å². The van der Waals surface area contributed by atoms with Crippen LogP contribution in [0.25, 0.3) is 0 Å². The van der Waals surface area contributed by atoms with Crippen LogP contribution in [0.2, 0.25) is 0 Å². The zero-order valence-corrected chi connectivity index (χ0v) is 10.5. The van der Waals surface area contributed by atoms with Crippen LogP contribution in [0.5, 0.6) is 0 Å². The highest BCUT2D eigenvalue weighted by Crippen LogP contribution is 2.45. The first kappa shape index (κ1) is 12.4. The summed E-state index contributed by atoms with van der Waals surface area (Å²) in [4.78, 5) is 11.8. The SMILES string of the molecule is CSc1ccc(F)c(C(CC(=O)O)C2CC2)c1. The predicted molar refractivity (Wildman–Crippen MR) is 65.9 cm³/mol. The van der Waals surface area contributed by atoms with Gasteiger partial charge in [0, 0.05) is 10.8 Å². The van der Waals surface area contributed by atoms with Crippen molar-refractivity contribution >= 4 is 17.7 Å². The van der Waals surface area contributed by atoms with Gasteiger partial charge in [-0.15, -0.1) is 11.8 Å². The van der Waals surface area contributed by atoms with Crippen LogP contribution in [-0.4, -0.2) is 17.3 Å². The van der Waals surface area contributed by atoms with Crippen molar-refractivity contribution in [1.29, 1.82) is 0 Å². The van der Waals surface area contributed by atoms with Crippen molar-refractivity contribution < 1.29 is 14.3 Å². The number of benzene rings is 1. The van der Waals surface area contributed by atoms with E-state index in [1.54, 1.807) is 23.9 Å². The van der Waals surface area contributed by atoms with Gasteiger partial charge in [-0.2, -0.15) is 0 Å². The second kappa shape index (κ2) is 5.08. The van der Waals surface area contributed by atoms with Gasteiger partial charge in [-0.05, 0) is 48.8 Å². The molecular weight excluding hydrogens is 239 g/mol.